The third kappa shape index (κ3) is 2.66. The van der Waals surface area contributed by atoms with E-state index in [-0.39, 0.29) is 0 Å². The molecule has 1 heterocycles. The Bertz CT molecular complexity index is 460. The van der Waals surface area contributed by atoms with Crippen LogP contribution < -0.4 is 5.73 Å². The molecular formula is C13H19BrN2. The van der Waals surface area contributed by atoms with Gasteiger partial charge in [-0.15, -0.1) is 0 Å². The lowest BCUT2D eigenvalue weighted by Gasteiger charge is -2.00. The molecule has 2 aromatic rings. The Morgan fingerprint density at radius 1 is 1.31 bits per heavy atom. The Hall–Kier alpha value is -0.800. The van der Waals surface area contributed by atoms with Gasteiger partial charge >= 0.3 is 0 Å². The number of H-pyrrole nitrogens is 1. The summed E-state index contributed by atoms with van der Waals surface area (Å²) in [5.74, 6) is 0. The Morgan fingerprint density at radius 2 is 2.00 bits per heavy atom. The van der Waals surface area contributed by atoms with E-state index in [1.54, 1.807) is 0 Å². The van der Waals surface area contributed by atoms with Crippen molar-refractivity contribution in [2.45, 2.75) is 27.2 Å². The van der Waals surface area contributed by atoms with Crippen LogP contribution in [0.4, 0.5) is 0 Å². The average molecular weight is 283 g/mol. The number of hydrogen-bond donors (Lipinski definition) is 2. The second-order valence-corrected chi connectivity index (χ2v) is 4.38. The van der Waals surface area contributed by atoms with Crippen molar-refractivity contribution in [3.63, 3.8) is 0 Å². The fraction of sp³-hybridized carbons (Fsp3) is 0.385. The van der Waals surface area contributed by atoms with Crippen LogP contribution in [-0.2, 0) is 6.42 Å². The van der Waals surface area contributed by atoms with E-state index in [2.05, 4.69) is 40.0 Å². The van der Waals surface area contributed by atoms with Crippen LogP contribution in [0.3, 0.4) is 0 Å². The maximum absolute atomic E-state index is 5.56. The molecule has 0 aliphatic rings. The molecule has 2 rings (SSSR count). The van der Waals surface area contributed by atoms with Crippen molar-refractivity contribution in [1.29, 1.82) is 0 Å². The molecule has 88 valence electrons. The van der Waals surface area contributed by atoms with E-state index in [0.717, 1.165) is 10.9 Å². The summed E-state index contributed by atoms with van der Waals surface area (Å²) in [7, 11) is 0. The molecule has 0 radical (unpaired) electrons. The number of rotatable bonds is 2. The average Bonchev–Trinajstić information content (AvgIpc) is 2.65. The van der Waals surface area contributed by atoms with Crippen molar-refractivity contribution in [1.82, 2.24) is 4.98 Å². The number of nitrogens with two attached hydrogens (primary N) is 1. The third-order valence-corrected chi connectivity index (χ3v) is 3.01. The number of aromatic amines is 1. The number of aromatic nitrogens is 1. The van der Waals surface area contributed by atoms with Gasteiger partial charge in [0, 0.05) is 16.1 Å². The molecule has 16 heavy (non-hydrogen) atoms. The summed E-state index contributed by atoms with van der Waals surface area (Å²) in [6.45, 7) is 6.79. The number of nitrogens with one attached hydrogen (secondary N) is 1. The molecule has 3 heteroatoms. The summed E-state index contributed by atoms with van der Waals surface area (Å²) in [5, 5.41) is 1.28. The number of aryl methyl sites for hydroxylation is 1. The maximum Gasteiger partial charge on any atom is 0.0601 e. The fourth-order valence-corrected chi connectivity index (χ4v) is 2.43. The molecule has 0 bridgehead atoms. The molecule has 0 saturated heterocycles. The quantitative estimate of drug-likeness (QED) is 0.865. The zero-order valence-corrected chi connectivity index (χ0v) is 11.7. The lowest BCUT2D eigenvalue weighted by atomic mass is 10.1. The summed E-state index contributed by atoms with van der Waals surface area (Å²) in [5.41, 5.74) is 9.29. The van der Waals surface area contributed by atoms with Gasteiger partial charge in [-0.25, -0.2) is 0 Å². The van der Waals surface area contributed by atoms with Crippen molar-refractivity contribution in [2.75, 3.05) is 6.54 Å². The van der Waals surface area contributed by atoms with Crippen molar-refractivity contribution in [3.8, 4) is 0 Å². The molecule has 0 unspecified atom stereocenters. The van der Waals surface area contributed by atoms with Gasteiger partial charge in [-0.1, -0.05) is 13.8 Å². The molecule has 0 fully saturated rings. The molecule has 0 aliphatic carbocycles. The first-order valence-corrected chi connectivity index (χ1v) is 6.48. The molecule has 0 aliphatic heterocycles. The number of halogens is 1. The van der Waals surface area contributed by atoms with E-state index in [1.165, 1.54) is 22.0 Å². The van der Waals surface area contributed by atoms with Gasteiger partial charge in [-0.05, 0) is 59.1 Å². The summed E-state index contributed by atoms with van der Waals surface area (Å²) in [6, 6.07) is 4.31. The van der Waals surface area contributed by atoms with Gasteiger partial charge in [0.1, 0.15) is 0 Å². The van der Waals surface area contributed by atoms with Gasteiger partial charge in [0.2, 0.25) is 0 Å². The van der Waals surface area contributed by atoms with E-state index >= 15 is 0 Å². The zero-order chi connectivity index (χ0) is 12.1. The molecular weight excluding hydrogens is 264 g/mol. The first kappa shape index (κ1) is 13.3. The van der Waals surface area contributed by atoms with Crippen molar-refractivity contribution < 1.29 is 0 Å². The first-order valence-electron chi connectivity index (χ1n) is 5.68. The molecule has 0 spiro atoms. The smallest absolute Gasteiger partial charge is 0.0601 e. The molecule has 1 aromatic carbocycles. The van der Waals surface area contributed by atoms with Crippen LogP contribution in [0.25, 0.3) is 10.9 Å². The Kier molecular flexibility index (Phi) is 5.03. The normalized spacial score (nSPS) is 10.1. The van der Waals surface area contributed by atoms with Crippen LogP contribution in [0, 0.1) is 6.92 Å². The van der Waals surface area contributed by atoms with Crippen LogP contribution in [-0.4, -0.2) is 11.5 Å². The molecule has 1 aromatic heterocycles. The molecule has 0 saturated carbocycles. The highest BCUT2D eigenvalue weighted by Crippen LogP contribution is 2.27. The second-order valence-electron chi connectivity index (χ2n) is 3.52. The molecule has 0 atom stereocenters. The van der Waals surface area contributed by atoms with Crippen LogP contribution in [0.15, 0.2) is 22.8 Å². The zero-order valence-electron chi connectivity index (χ0n) is 10.1. The fourth-order valence-electron chi connectivity index (χ4n) is 1.74. The number of benzene rings is 1. The molecule has 3 N–H and O–H groups in total. The summed E-state index contributed by atoms with van der Waals surface area (Å²) >= 11 is 3.55. The minimum Gasteiger partial charge on any atom is -0.360 e. The predicted molar refractivity (Wildman–Crippen MR) is 74.8 cm³/mol. The van der Waals surface area contributed by atoms with E-state index in [4.69, 9.17) is 5.73 Å². The second kappa shape index (κ2) is 6.06. The predicted octanol–water partition coefficient (Wildman–Crippen LogP) is 3.77. The van der Waals surface area contributed by atoms with Crippen LogP contribution in [0.5, 0.6) is 0 Å². The van der Waals surface area contributed by atoms with Gasteiger partial charge in [-0.2, -0.15) is 0 Å². The van der Waals surface area contributed by atoms with Gasteiger partial charge in [0.25, 0.3) is 0 Å². The summed E-state index contributed by atoms with van der Waals surface area (Å²) in [4.78, 5) is 3.27. The summed E-state index contributed by atoms with van der Waals surface area (Å²) < 4.78 is 1.12. The van der Waals surface area contributed by atoms with E-state index in [1.807, 2.05) is 20.0 Å². The largest absolute Gasteiger partial charge is 0.360 e. The summed E-state index contributed by atoms with van der Waals surface area (Å²) in [6.07, 6.45) is 2.97. The number of hydrogen-bond acceptors (Lipinski definition) is 1. The van der Waals surface area contributed by atoms with Crippen LogP contribution in [0.1, 0.15) is 25.0 Å². The lowest BCUT2D eigenvalue weighted by Crippen LogP contribution is -2.01. The minimum atomic E-state index is 0.693. The Morgan fingerprint density at radius 3 is 2.62 bits per heavy atom. The Labute approximate surface area is 105 Å². The lowest BCUT2D eigenvalue weighted by molar-refractivity contribution is 0.976. The first-order chi connectivity index (χ1) is 7.72. The van der Waals surface area contributed by atoms with Gasteiger partial charge in [0.15, 0.2) is 0 Å². The van der Waals surface area contributed by atoms with Crippen molar-refractivity contribution in [3.05, 3.63) is 33.9 Å². The van der Waals surface area contributed by atoms with E-state index in [9.17, 15) is 0 Å². The van der Waals surface area contributed by atoms with Crippen molar-refractivity contribution in [2.24, 2.45) is 5.73 Å². The van der Waals surface area contributed by atoms with Crippen LogP contribution >= 0.6 is 15.9 Å². The van der Waals surface area contributed by atoms with Crippen LogP contribution in [0.2, 0.25) is 0 Å². The third-order valence-electron chi connectivity index (χ3n) is 2.38. The molecule has 2 nitrogen and oxygen atoms in total. The minimum absolute atomic E-state index is 0.693. The number of fused-ring (bicyclic) bond motifs is 1. The van der Waals surface area contributed by atoms with Gasteiger partial charge in [-0.3, -0.25) is 0 Å². The highest BCUT2D eigenvalue weighted by molar-refractivity contribution is 9.10. The topological polar surface area (TPSA) is 41.8 Å². The Balaban J connectivity index is 0.000000606. The maximum atomic E-state index is 5.56. The standard InChI is InChI=1S/C11H13BrN2.C2H6/c1-7-4-9-8(2-3-13)6-14-11(9)10(12)5-7;1-2/h4-6,14H,2-3,13H2,1H3;1-2H3. The van der Waals surface area contributed by atoms with Gasteiger partial charge in [0.05, 0.1) is 5.52 Å². The SMILES string of the molecule is CC.Cc1cc(Br)c2[nH]cc(CCN)c2c1. The monoisotopic (exact) mass is 282 g/mol. The van der Waals surface area contributed by atoms with E-state index < -0.39 is 0 Å². The van der Waals surface area contributed by atoms with E-state index in [0.29, 0.717) is 6.54 Å². The molecule has 0 amide bonds. The van der Waals surface area contributed by atoms with Gasteiger partial charge < -0.3 is 10.7 Å². The highest BCUT2D eigenvalue weighted by Gasteiger charge is 2.06. The van der Waals surface area contributed by atoms with Crippen molar-refractivity contribution >= 4 is 26.8 Å². The highest BCUT2D eigenvalue weighted by atomic mass is 79.9.